The van der Waals surface area contributed by atoms with Gasteiger partial charge in [-0.25, -0.2) is 0 Å². The molecule has 2 nitrogen and oxygen atoms in total. The molecule has 1 aromatic carbocycles. The molecule has 0 atom stereocenters. The van der Waals surface area contributed by atoms with Crippen molar-refractivity contribution in [3.05, 3.63) is 24.3 Å². The molecule has 17 heavy (non-hydrogen) atoms. The van der Waals surface area contributed by atoms with Crippen LogP contribution in [0.15, 0.2) is 24.3 Å². The lowest BCUT2D eigenvalue weighted by Gasteiger charge is -2.37. The van der Waals surface area contributed by atoms with Crippen LogP contribution in [0.4, 0.5) is 0 Å². The summed E-state index contributed by atoms with van der Waals surface area (Å²) in [6.45, 7) is 2.22. The van der Waals surface area contributed by atoms with Gasteiger partial charge in [-0.15, -0.1) is 0 Å². The summed E-state index contributed by atoms with van der Waals surface area (Å²) in [7, 11) is 0. The Morgan fingerprint density at radius 3 is 2.35 bits per heavy atom. The van der Waals surface area contributed by atoms with Crippen molar-refractivity contribution in [3.63, 3.8) is 0 Å². The zero-order chi connectivity index (χ0) is 12.1. The lowest BCUT2D eigenvalue weighted by atomic mass is 9.81. The second kappa shape index (κ2) is 5.44. The molecular weight excluding hydrogens is 212 g/mol. The molecule has 0 radical (unpaired) electrons. The quantitative estimate of drug-likeness (QED) is 0.842. The van der Waals surface area contributed by atoms with Crippen molar-refractivity contribution >= 4 is 0 Å². The molecule has 1 aliphatic rings. The first-order valence-electron chi connectivity index (χ1n) is 6.72. The highest BCUT2D eigenvalue weighted by Gasteiger charge is 2.33. The van der Waals surface area contributed by atoms with Crippen LogP contribution < -0.4 is 4.74 Å². The zero-order valence-electron chi connectivity index (χ0n) is 10.6. The summed E-state index contributed by atoms with van der Waals surface area (Å²) >= 11 is 0. The van der Waals surface area contributed by atoms with Gasteiger partial charge in [0.15, 0.2) is 0 Å². The number of phenolic OH excluding ortho intramolecular Hbond substituents is 1. The maximum atomic E-state index is 9.27. The Morgan fingerprint density at radius 1 is 1.12 bits per heavy atom. The van der Waals surface area contributed by atoms with Crippen molar-refractivity contribution in [3.8, 4) is 11.5 Å². The monoisotopic (exact) mass is 234 g/mol. The lowest BCUT2D eigenvalue weighted by Crippen LogP contribution is -2.38. The van der Waals surface area contributed by atoms with E-state index in [1.807, 2.05) is 12.1 Å². The Labute approximate surface area is 104 Å². The largest absolute Gasteiger partial charge is 0.508 e. The maximum absolute atomic E-state index is 9.27. The van der Waals surface area contributed by atoms with Crippen LogP contribution in [-0.2, 0) is 0 Å². The normalized spacial score (nSPS) is 18.9. The first-order chi connectivity index (χ1) is 8.24. The SMILES string of the molecule is CCCC1(Oc2ccc(O)cc2)CCCCC1. The van der Waals surface area contributed by atoms with Gasteiger partial charge in [0.05, 0.1) is 0 Å². The van der Waals surface area contributed by atoms with Gasteiger partial charge >= 0.3 is 0 Å². The topological polar surface area (TPSA) is 29.5 Å². The molecule has 0 spiro atoms. The molecule has 2 heteroatoms. The van der Waals surface area contributed by atoms with E-state index in [1.165, 1.54) is 32.1 Å². The van der Waals surface area contributed by atoms with Crippen molar-refractivity contribution < 1.29 is 9.84 Å². The number of aromatic hydroxyl groups is 1. The number of benzene rings is 1. The number of rotatable bonds is 4. The highest BCUT2D eigenvalue weighted by molar-refractivity contribution is 5.30. The van der Waals surface area contributed by atoms with Crippen LogP contribution in [-0.4, -0.2) is 10.7 Å². The molecule has 0 aliphatic heterocycles. The summed E-state index contributed by atoms with van der Waals surface area (Å²) < 4.78 is 6.23. The molecule has 1 N–H and O–H groups in total. The third kappa shape index (κ3) is 3.15. The minimum atomic E-state index is 0.0456. The molecule has 0 unspecified atom stereocenters. The lowest BCUT2D eigenvalue weighted by molar-refractivity contribution is 0.0213. The Balaban J connectivity index is 2.08. The fourth-order valence-corrected chi connectivity index (χ4v) is 2.82. The second-order valence-electron chi connectivity index (χ2n) is 5.09. The fraction of sp³-hybridized carbons (Fsp3) is 0.600. The van der Waals surface area contributed by atoms with Crippen molar-refractivity contribution in [2.75, 3.05) is 0 Å². The van der Waals surface area contributed by atoms with Gasteiger partial charge in [0, 0.05) is 0 Å². The van der Waals surface area contributed by atoms with Gasteiger partial charge in [0.1, 0.15) is 17.1 Å². The average Bonchev–Trinajstić information content (AvgIpc) is 2.34. The molecule has 0 amide bonds. The second-order valence-corrected chi connectivity index (χ2v) is 5.09. The van der Waals surface area contributed by atoms with E-state index in [2.05, 4.69) is 6.92 Å². The molecule has 0 aromatic heterocycles. The van der Waals surface area contributed by atoms with Crippen LogP contribution in [0.5, 0.6) is 11.5 Å². The maximum Gasteiger partial charge on any atom is 0.120 e. The Kier molecular flexibility index (Phi) is 3.93. The zero-order valence-corrected chi connectivity index (χ0v) is 10.6. The van der Waals surface area contributed by atoms with Gasteiger partial charge in [-0.3, -0.25) is 0 Å². The first kappa shape index (κ1) is 12.3. The molecule has 0 heterocycles. The van der Waals surface area contributed by atoms with E-state index >= 15 is 0 Å². The summed E-state index contributed by atoms with van der Waals surface area (Å²) in [5, 5.41) is 9.27. The minimum absolute atomic E-state index is 0.0456. The van der Waals surface area contributed by atoms with Crippen LogP contribution >= 0.6 is 0 Å². The van der Waals surface area contributed by atoms with Crippen molar-refractivity contribution in [1.29, 1.82) is 0 Å². The number of hydrogen-bond acceptors (Lipinski definition) is 2. The number of ether oxygens (including phenoxy) is 1. The summed E-state index contributed by atoms with van der Waals surface area (Å²) in [6.07, 6.45) is 8.52. The fourth-order valence-electron chi connectivity index (χ4n) is 2.82. The van der Waals surface area contributed by atoms with E-state index in [9.17, 15) is 5.11 Å². The molecule has 0 bridgehead atoms. The van der Waals surface area contributed by atoms with Gasteiger partial charge < -0.3 is 9.84 Å². The average molecular weight is 234 g/mol. The molecule has 1 saturated carbocycles. The minimum Gasteiger partial charge on any atom is -0.508 e. The van der Waals surface area contributed by atoms with Crippen LogP contribution in [0.1, 0.15) is 51.9 Å². The summed E-state index contributed by atoms with van der Waals surface area (Å²) in [6, 6.07) is 7.11. The van der Waals surface area contributed by atoms with Crippen LogP contribution in [0.25, 0.3) is 0 Å². The van der Waals surface area contributed by atoms with Gasteiger partial charge in [-0.2, -0.15) is 0 Å². The van der Waals surface area contributed by atoms with E-state index in [1.54, 1.807) is 12.1 Å². The van der Waals surface area contributed by atoms with E-state index in [0.29, 0.717) is 5.75 Å². The Hall–Kier alpha value is -1.18. The molecule has 1 aliphatic carbocycles. The van der Waals surface area contributed by atoms with Gasteiger partial charge in [-0.1, -0.05) is 19.8 Å². The van der Waals surface area contributed by atoms with Gasteiger partial charge in [-0.05, 0) is 56.4 Å². The Bertz CT molecular complexity index is 331. The molecule has 94 valence electrons. The first-order valence-corrected chi connectivity index (χ1v) is 6.72. The van der Waals surface area contributed by atoms with Crippen LogP contribution in [0, 0.1) is 0 Å². The van der Waals surface area contributed by atoms with Gasteiger partial charge in [0.25, 0.3) is 0 Å². The Morgan fingerprint density at radius 2 is 1.76 bits per heavy atom. The number of phenols is 1. The highest BCUT2D eigenvalue weighted by Crippen LogP contribution is 2.36. The third-order valence-corrected chi connectivity index (χ3v) is 3.64. The predicted molar refractivity (Wildman–Crippen MR) is 69.5 cm³/mol. The summed E-state index contributed by atoms with van der Waals surface area (Å²) in [4.78, 5) is 0. The third-order valence-electron chi connectivity index (χ3n) is 3.64. The number of hydrogen-bond donors (Lipinski definition) is 1. The molecular formula is C15H22O2. The smallest absolute Gasteiger partial charge is 0.120 e. The van der Waals surface area contributed by atoms with Crippen molar-refractivity contribution in [2.24, 2.45) is 0 Å². The molecule has 1 aromatic rings. The standard InChI is InChI=1S/C15H22O2/c1-2-10-15(11-4-3-5-12-15)17-14-8-6-13(16)7-9-14/h6-9,16H,2-5,10-12H2,1H3. The van der Waals surface area contributed by atoms with Crippen LogP contribution in [0.3, 0.4) is 0 Å². The van der Waals surface area contributed by atoms with E-state index in [-0.39, 0.29) is 5.60 Å². The summed E-state index contributed by atoms with van der Waals surface area (Å²) in [5.41, 5.74) is 0.0456. The van der Waals surface area contributed by atoms with Crippen molar-refractivity contribution in [1.82, 2.24) is 0 Å². The van der Waals surface area contributed by atoms with Gasteiger partial charge in [0.2, 0.25) is 0 Å². The van der Waals surface area contributed by atoms with Crippen LogP contribution in [0.2, 0.25) is 0 Å². The molecule has 0 saturated heterocycles. The van der Waals surface area contributed by atoms with Crippen molar-refractivity contribution in [2.45, 2.75) is 57.5 Å². The predicted octanol–water partition coefficient (Wildman–Crippen LogP) is 4.27. The molecule has 1 fully saturated rings. The van der Waals surface area contributed by atoms with E-state index in [0.717, 1.165) is 18.6 Å². The highest BCUT2D eigenvalue weighted by atomic mass is 16.5. The molecule has 2 rings (SSSR count). The van der Waals surface area contributed by atoms with E-state index in [4.69, 9.17) is 4.74 Å². The van der Waals surface area contributed by atoms with E-state index < -0.39 is 0 Å². The summed E-state index contributed by atoms with van der Waals surface area (Å²) in [5.74, 6) is 1.18.